The van der Waals surface area contributed by atoms with Crippen LogP contribution in [-0.4, -0.2) is 42.9 Å². The third-order valence-electron chi connectivity index (χ3n) is 4.41. The van der Waals surface area contributed by atoms with Crippen molar-refractivity contribution >= 4 is 22.3 Å². The second-order valence-corrected chi connectivity index (χ2v) is 7.58. The van der Waals surface area contributed by atoms with Crippen LogP contribution < -0.4 is 5.32 Å². The summed E-state index contributed by atoms with van der Waals surface area (Å²) in [5.74, 6) is 1.19. The van der Waals surface area contributed by atoms with Crippen molar-refractivity contribution in [3.8, 4) is 0 Å². The van der Waals surface area contributed by atoms with Gasteiger partial charge in [0.25, 0.3) is 0 Å². The van der Waals surface area contributed by atoms with Crippen molar-refractivity contribution in [2.45, 2.75) is 32.2 Å². The van der Waals surface area contributed by atoms with Crippen molar-refractivity contribution in [1.29, 1.82) is 0 Å². The molecule has 7 nitrogen and oxygen atoms in total. The minimum Gasteiger partial charge on any atom is -0.347 e. The Morgan fingerprint density at radius 3 is 3.00 bits per heavy atom. The fraction of sp³-hybridized carbons (Fsp3) is 0.412. The number of hydrogen-bond acceptors (Lipinski definition) is 7. The summed E-state index contributed by atoms with van der Waals surface area (Å²) in [6.07, 6.45) is 11.3. The lowest BCUT2D eigenvalue weighted by Gasteiger charge is -2.32. The second-order valence-electron chi connectivity index (χ2n) is 6.34. The fourth-order valence-electron chi connectivity index (χ4n) is 3.29. The van der Waals surface area contributed by atoms with E-state index in [1.165, 1.54) is 4.88 Å². The number of likely N-dealkylation sites (tertiary alicyclic amines) is 1. The first-order valence-electron chi connectivity index (χ1n) is 8.48. The number of aryl methyl sites for hydroxylation is 1. The molecule has 8 heteroatoms. The number of aromatic nitrogens is 5. The Morgan fingerprint density at radius 1 is 1.28 bits per heavy atom. The van der Waals surface area contributed by atoms with Crippen molar-refractivity contribution in [3.05, 3.63) is 47.4 Å². The van der Waals surface area contributed by atoms with Gasteiger partial charge in [-0.2, -0.15) is 0 Å². The standard InChI is InChI=1S/C17H21N7S/c1-12-7-21-17(25-12)23-16-15(19-4-5-20-16)13-3-2-6-24(9-13)10-14-8-18-11-22-14/h4-5,7-8,11,13H,2-3,6,9-10H2,1H3,(H,18,22)(H,20,21,23). The molecule has 1 saturated heterocycles. The molecule has 130 valence electrons. The van der Waals surface area contributed by atoms with E-state index in [1.54, 1.807) is 30.1 Å². The Labute approximate surface area is 150 Å². The molecule has 3 aromatic heterocycles. The number of aromatic amines is 1. The Balaban J connectivity index is 1.50. The third kappa shape index (κ3) is 3.85. The molecule has 0 saturated carbocycles. The van der Waals surface area contributed by atoms with Gasteiger partial charge >= 0.3 is 0 Å². The van der Waals surface area contributed by atoms with Gasteiger partial charge in [-0.15, -0.1) is 11.3 Å². The molecule has 25 heavy (non-hydrogen) atoms. The zero-order valence-electron chi connectivity index (χ0n) is 14.1. The summed E-state index contributed by atoms with van der Waals surface area (Å²) in [4.78, 5) is 24.5. The molecule has 1 unspecified atom stereocenters. The van der Waals surface area contributed by atoms with E-state index >= 15 is 0 Å². The van der Waals surface area contributed by atoms with Crippen LogP contribution in [0.4, 0.5) is 10.9 Å². The van der Waals surface area contributed by atoms with Crippen LogP contribution in [0.15, 0.2) is 31.1 Å². The van der Waals surface area contributed by atoms with Gasteiger partial charge in [0.15, 0.2) is 10.9 Å². The maximum absolute atomic E-state index is 4.64. The fourth-order valence-corrected chi connectivity index (χ4v) is 3.96. The number of thiazole rings is 1. The Morgan fingerprint density at radius 2 is 2.20 bits per heavy atom. The molecular formula is C17H21N7S. The summed E-state index contributed by atoms with van der Waals surface area (Å²) in [6, 6.07) is 0. The highest BCUT2D eigenvalue weighted by molar-refractivity contribution is 7.15. The topological polar surface area (TPSA) is 82.6 Å². The van der Waals surface area contributed by atoms with E-state index in [4.69, 9.17) is 0 Å². The van der Waals surface area contributed by atoms with E-state index in [2.05, 4.69) is 42.1 Å². The maximum Gasteiger partial charge on any atom is 0.188 e. The van der Waals surface area contributed by atoms with Crippen molar-refractivity contribution in [2.75, 3.05) is 18.4 Å². The molecule has 3 aromatic rings. The highest BCUT2D eigenvalue weighted by Gasteiger charge is 2.25. The van der Waals surface area contributed by atoms with E-state index in [1.807, 2.05) is 12.4 Å². The third-order valence-corrected chi connectivity index (χ3v) is 5.24. The average molecular weight is 355 g/mol. The summed E-state index contributed by atoms with van der Waals surface area (Å²) in [6.45, 7) is 5.02. The smallest absolute Gasteiger partial charge is 0.188 e. The first kappa shape index (κ1) is 16.2. The Hall–Kier alpha value is -2.32. The molecule has 0 aliphatic carbocycles. The molecule has 4 rings (SSSR count). The van der Waals surface area contributed by atoms with Crippen molar-refractivity contribution in [2.24, 2.45) is 0 Å². The van der Waals surface area contributed by atoms with Crippen LogP contribution in [0.2, 0.25) is 0 Å². The summed E-state index contributed by atoms with van der Waals surface area (Å²) in [7, 11) is 0. The predicted octanol–water partition coefficient (Wildman–Crippen LogP) is 3.09. The van der Waals surface area contributed by atoms with Gasteiger partial charge in [0.2, 0.25) is 0 Å². The molecule has 0 aromatic carbocycles. The molecule has 0 bridgehead atoms. The van der Waals surface area contributed by atoms with Gasteiger partial charge in [-0.25, -0.2) is 15.0 Å². The Kier molecular flexibility index (Phi) is 4.71. The van der Waals surface area contributed by atoms with E-state index in [0.29, 0.717) is 5.92 Å². The van der Waals surface area contributed by atoms with Crippen LogP contribution in [0.5, 0.6) is 0 Å². The zero-order valence-corrected chi connectivity index (χ0v) is 15.0. The molecular weight excluding hydrogens is 334 g/mol. The van der Waals surface area contributed by atoms with Gasteiger partial charge in [0, 0.05) is 54.4 Å². The lowest BCUT2D eigenvalue weighted by Crippen LogP contribution is -2.34. The maximum atomic E-state index is 4.64. The summed E-state index contributed by atoms with van der Waals surface area (Å²) >= 11 is 1.63. The first-order chi connectivity index (χ1) is 12.3. The monoisotopic (exact) mass is 355 g/mol. The molecule has 0 amide bonds. The second kappa shape index (κ2) is 7.28. The largest absolute Gasteiger partial charge is 0.347 e. The molecule has 2 N–H and O–H groups in total. The van der Waals surface area contributed by atoms with Crippen molar-refractivity contribution < 1.29 is 0 Å². The van der Waals surface area contributed by atoms with Gasteiger partial charge in [0.1, 0.15) is 0 Å². The number of nitrogens with zero attached hydrogens (tertiary/aromatic N) is 5. The van der Waals surface area contributed by atoms with Crippen molar-refractivity contribution in [1.82, 2.24) is 29.8 Å². The number of anilines is 2. The lowest BCUT2D eigenvalue weighted by molar-refractivity contribution is 0.197. The number of imidazole rings is 1. The minimum absolute atomic E-state index is 0.369. The first-order valence-corrected chi connectivity index (χ1v) is 9.29. The van der Waals surface area contributed by atoms with Gasteiger partial charge in [-0.05, 0) is 26.3 Å². The quantitative estimate of drug-likeness (QED) is 0.732. The molecule has 4 heterocycles. The molecule has 1 fully saturated rings. The molecule has 1 atom stereocenters. The normalized spacial score (nSPS) is 18.4. The highest BCUT2D eigenvalue weighted by Crippen LogP contribution is 2.31. The summed E-state index contributed by atoms with van der Waals surface area (Å²) < 4.78 is 0. The van der Waals surface area contributed by atoms with Crippen LogP contribution in [-0.2, 0) is 6.54 Å². The molecule has 0 spiro atoms. The Bertz CT molecular complexity index is 814. The molecule has 1 aliphatic heterocycles. The SMILES string of the molecule is Cc1cnc(Nc2nccnc2C2CCCN(Cc3cnc[nH]3)C2)s1. The summed E-state index contributed by atoms with van der Waals surface area (Å²) in [5.41, 5.74) is 2.18. The number of rotatable bonds is 5. The lowest BCUT2D eigenvalue weighted by atomic mass is 9.94. The van der Waals surface area contributed by atoms with Crippen LogP contribution >= 0.6 is 11.3 Å². The van der Waals surface area contributed by atoms with E-state index < -0.39 is 0 Å². The van der Waals surface area contributed by atoms with E-state index in [9.17, 15) is 0 Å². The van der Waals surface area contributed by atoms with Crippen molar-refractivity contribution in [3.63, 3.8) is 0 Å². The van der Waals surface area contributed by atoms with E-state index in [-0.39, 0.29) is 0 Å². The van der Waals surface area contributed by atoms with E-state index in [0.717, 1.165) is 54.8 Å². The van der Waals surface area contributed by atoms with Crippen LogP contribution in [0.25, 0.3) is 0 Å². The van der Waals surface area contributed by atoms with Crippen LogP contribution in [0.3, 0.4) is 0 Å². The van der Waals surface area contributed by atoms with Gasteiger partial charge in [0.05, 0.1) is 12.0 Å². The molecule has 0 radical (unpaired) electrons. The predicted molar refractivity (Wildman–Crippen MR) is 98.0 cm³/mol. The highest BCUT2D eigenvalue weighted by atomic mass is 32.1. The number of hydrogen-bond donors (Lipinski definition) is 2. The minimum atomic E-state index is 0.369. The van der Waals surface area contributed by atoms with Crippen LogP contribution in [0, 0.1) is 6.92 Å². The number of H-pyrrole nitrogens is 1. The van der Waals surface area contributed by atoms with Gasteiger partial charge in [-0.3, -0.25) is 9.88 Å². The number of nitrogens with one attached hydrogen (secondary N) is 2. The van der Waals surface area contributed by atoms with Gasteiger partial charge in [-0.1, -0.05) is 0 Å². The summed E-state index contributed by atoms with van der Waals surface area (Å²) in [5, 5.41) is 4.22. The average Bonchev–Trinajstić information content (AvgIpc) is 3.27. The number of piperidine rings is 1. The van der Waals surface area contributed by atoms with Gasteiger partial charge < -0.3 is 10.3 Å². The molecule has 1 aliphatic rings. The van der Waals surface area contributed by atoms with Crippen LogP contribution in [0.1, 0.15) is 35.0 Å². The zero-order chi connectivity index (χ0) is 17.1.